The highest BCUT2D eigenvalue weighted by Crippen LogP contribution is 2.23. The molecule has 0 saturated heterocycles. The van der Waals surface area contributed by atoms with Gasteiger partial charge in [-0.05, 0) is 43.3 Å². The highest BCUT2D eigenvalue weighted by atomic mass is 16.3. The standard InChI is InChI=1S/C19H18N2O2/c1-14-11-12-16(23-14)13-21(15-7-3-2-4-8-15)19(22)17-9-5-6-10-18(17)20/h2-12H,13,20H2,1H3. The van der Waals surface area contributed by atoms with E-state index in [2.05, 4.69) is 0 Å². The van der Waals surface area contributed by atoms with Gasteiger partial charge in [-0.2, -0.15) is 0 Å². The molecule has 4 nitrogen and oxygen atoms in total. The van der Waals surface area contributed by atoms with Gasteiger partial charge in [0.15, 0.2) is 0 Å². The van der Waals surface area contributed by atoms with Crippen LogP contribution < -0.4 is 10.6 Å². The van der Waals surface area contributed by atoms with Crippen molar-refractivity contribution in [2.24, 2.45) is 0 Å². The minimum absolute atomic E-state index is 0.150. The number of furan rings is 1. The van der Waals surface area contributed by atoms with Crippen molar-refractivity contribution in [1.82, 2.24) is 0 Å². The van der Waals surface area contributed by atoms with E-state index in [1.807, 2.05) is 61.5 Å². The summed E-state index contributed by atoms with van der Waals surface area (Å²) in [4.78, 5) is 14.7. The molecular weight excluding hydrogens is 288 g/mol. The van der Waals surface area contributed by atoms with E-state index in [1.54, 1.807) is 17.0 Å². The molecule has 0 spiro atoms. The third-order valence-electron chi connectivity index (χ3n) is 3.61. The van der Waals surface area contributed by atoms with Crippen molar-refractivity contribution in [2.45, 2.75) is 13.5 Å². The van der Waals surface area contributed by atoms with E-state index < -0.39 is 0 Å². The molecule has 0 aliphatic carbocycles. The number of rotatable bonds is 4. The molecule has 0 aliphatic rings. The Labute approximate surface area is 135 Å². The van der Waals surface area contributed by atoms with Crippen molar-refractivity contribution < 1.29 is 9.21 Å². The maximum absolute atomic E-state index is 13.0. The van der Waals surface area contributed by atoms with E-state index in [0.717, 1.165) is 17.2 Å². The van der Waals surface area contributed by atoms with Crippen molar-refractivity contribution in [3.8, 4) is 0 Å². The summed E-state index contributed by atoms with van der Waals surface area (Å²) in [6, 6.07) is 20.4. The van der Waals surface area contributed by atoms with Crippen LogP contribution in [-0.4, -0.2) is 5.91 Å². The molecule has 1 aromatic heterocycles. The third-order valence-corrected chi connectivity index (χ3v) is 3.61. The number of para-hydroxylation sites is 2. The Balaban J connectivity index is 1.98. The first kappa shape index (κ1) is 14.9. The summed E-state index contributed by atoms with van der Waals surface area (Å²) in [7, 11) is 0. The molecule has 0 unspecified atom stereocenters. The minimum Gasteiger partial charge on any atom is -0.464 e. The van der Waals surface area contributed by atoms with E-state index in [1.165, 1.54) is 0 Å². The number of hydrogen-bond acceptors (Lipinski definition) is 3. The molecule has 2 N–H and O–H groups in total. The van der Waals surface area contributed by atoms with Crippen molar-refractivity contribution in [1.29, 1.82) is 0 Å². The number of nitrogens with zero attached hydrogens (tertiary/aromatic N) is 1. The fourth-order valence-corrected chi connectivity index (χ4v) is 2.45. The SMILES string of the molecule is Cc1ccc(CN(C(=O)c2ccccc2N)c2ccccc2)o1. The highest BCUT2D eigenvalue weighted by Gasteiger charge is 2.21. The molecule has 1 amide bonds. The van der Waals surface area contributed by atoms with E-state index in [-0.39, 0.29) is 5.91 Å². The van der Waals surface area contributed by atoms with Crippen LogP contribution in [0.15, 0.2) is 71.1 Å². The summed E-state index contributed by atoms with van der Waals surface area (Å²) < 4.78 is 5.63. The third kappa shape index (κ3) is 3.26. The van der Waals surface area contributed by atoms with Gasteiger partial charge in [0.05, 0.1) is 12.1 Å². The lowest BCUT2D eigenvalue weighted by Crippen LogP contribution is -2.30. The number of hydrogen-bond donors (Lipinski definition) is 1. The number of carbonyl (C=O) groups excluding carboxylic acids is 1. The number of nitrogen functional groups attached to an aromatic ring is 1. The zero-order chi connectivity index (χ0) is 16.2. The van der Waals surface area contributed by atoms with Gasteiger partial charge in [-0.3, -0.25) is 4.79 Å². The Morgan fingerprint density at radius 3 is 2.35 bits per heavy atom. The topological polar surface area (TPSA) is 59.5 Å². The summed E-state index contributed by atoms with van der Waals surface area (Å²) >= 11 is 0. The van der Waals surface area contributed by atoms with E-state index >= 15 is 0 Å². The molecule has 4 heteroatoms. The molecule has 1 heterocycles. The summed E-state index contributed by atoms with van der Waals surface area (Å²) in [5, 5.41) is 0. The Morgan fingerprint density at radius 2 is 1.70 bits per heavy atom. The Morgan fingerprint density at radius 1 is 1.00 bits per heavy atom. The van der Waals surface area contributed by atoms with E-state index in [4.69, 9.17) is 10.2 Å². The second-order valence-corrected chi connectivity index (χ2v) is 5.33. The average Bonchev–Trinajstić information content (AvgIpc) is 2.98. The van der Waals surface area contributed by atoms with Gasteiger partial charge in [-0.25, -0.2) is 0 Å². The second-order valence-electron chi connectivity index (χ2n) is 5.33. The predicted molar refractivity (Wildman–Crippen MR) is 91.3 cm³/mol. The van der Waals surface area contributed by atoms with Crippen molar-refractivity contribution >= 4 is 17.3 Å². The molecule has 2 aromatic carbocycles. The van der Waals surface area contributed by atoms with Crippen LogP contribution in [0.3, 0.4) is 0 Å². The Hall–Kier alpha value is -3.01. The van der Waals surface area contributed by atoms with Crippen LogP contribution in [0.2, 0.25) is 0 Å². The Bertz CT molecular complexity index is 809. The van der Waals surface area contributed by atoms with Gasteiger partial charge < -0.3 is 15.1 Å². The number of aryl methyl sites for hydroxylation is 1. The zero-order valence-corrected chi connectivity index (χ0v) is 12.9. The first-order valence-corrected chi connectivity index (χ1v) is 7.42. The van der Waals surface area contributed by atoms with Gasteiger partial charge in [-0.15, -0.1) is 0 Å². The molecule has 116 valence electrons. The zero-order valence-electron chi connectivity index (χ0n) is 12.9. The van der Waals surface area contributed by atoms with Gasteiger partial charge in [0, 0.05) is 11.4 Å². The number of amides is 1. The van der Waals surface area contributed by atoms with Crippen LogP contribution in [0.1, 0.15) is 21.9 Å². The lowest BCUT2D eigenvalue weighted by molar-refractivity contribution is 0.0984. The fraction of sp³-hybridized carbons (Fsp3) is 0.105. The van der Waals surface area contributed by atoms with Crippen LogP contribution >= 0.6 is 0 Å². The maximum Gasteiger partial charge on any atom is 0.260 e. The summed E-state index contributed by atoms with van der Waals surface area (Å²) in [5.41, 5.74) is 7.72. The number of benzene rings is 2. The highest BCUT2D eigenvalue weighted by molar-refractivity contribution is 6.09. The van der Waals surface area contributed by atoms with Gasteiger partial charge in [-0.1, -0.05) is 30.3 Å². The van der Waals surface area contributed by atoms with Crippen LogP contribution in [-0.2, 0) is 6.54 Å². The largest absolute Gasteiger partial charge is 0.464 e. The second kappa shape index (κ2) is 6.40. The number of carbonyl (C=O) groups is 1. The first-order valence-electron chi connectivity index (χ1n) is 7.42. The quantitative estimate of drug-likeness (QED) is 0.741. The van der Waals surface area contributed by atoms with Crippen LogP contribution in [0.5, 0.6) is 0 Å². The molecule has 3 aromatic rings. The number of anilines is 2. The maximum atomic E-state index is 13.0. The van der Waals surface area contributed by atoms with Gasteiger partial charge in [0.2, 0.25) is 0 Å². The first-order chi connectivity index (χ1) is 11.1. The van der Waals surface area contributed by atoms with Crippen LogP contribution in [0, 0.1) is 6.92 Å². The Kier molecular flexibility index (Phi) is 4.15. The van der Waals surface area contributed by atoms with Gasteiger partial charge >= 0.3 is 0 Å². The van der Waals surface area contributed by atoms with Gasteiger partial charge in [0.25, 0.3) is 5.91 Å². The molecule has 0 radical (unpaired) electrons. The van der Waals surface area contributed by atoms with E-state index in [0.29, 0.717) is 17.8 Å². The summed E-state index contributed by atoms with van der Waals surface area (Å²) in [6.45, 7) is 2.23. The molecular formula is C19H18N2O2. The molecule has 0 aliphatic heterocycles. The lowest BCUT2D eigenvalue weighted by Gasteiger charge is -2.22. The summed E-state index contributed by atoms with van der Waals surface area (Å²) in [5.74, 6) is 1.40. The predicted octanol–water partition coefficient (Wildman–Crippen LogP) is 4.02. The molecule has 23 heavy (non-hydrogen) atoms. The molecule has 0 bridgehead atoms. The average molecular weight is 306 g/mol. The molecule has 0 saturated carbocycles. The van der Waals surface area contributed by atoms with Crippen molar-refractivity contribution in [3.05, 3.63) is 83.8 Å². The number of nitrogens with two attached hydrogens (primary N) is 1. The van der Waals surface area contributed by atoms with Gasteiger partial charge in [0.1, 0.15) is 11.5 Å². The van der Waals surface area contributed by atoms with E-state index in [9.17, 15) is 4.79 Å². The normalized spacial score (nSPS) is 10.5. The summed E-state index contributed by atoms with van der Waals surface area (Å²) in [6.07, 6.45) is 0. The van der Waals surface area contributed by atoms with Crippen molar-refractivity contribution in [3.63, 3.8) is 0 Å². The molecule has 3 rings (SSSR count). The lowest BCUT2D eigenvalue weighted by atomic mass is 10.1. The smallest absolute Gasteiger partial charge is 0.260 e. The molecule has 0 fully saturated rings. The molecule has 0 atom stereocenters. The van der Waals surface area contributed by atoms with Crippen molar-refractivity contribution in [2.75, 3.05) is 10.6 Å². The minimum atomic E-state index is -0.150. The monoisotopic (exact) mass is 306 g/mol. The van der Waals surface area contributed by atoms with Crippen LogP contribution in [0.25, 0.3) is 0 Å². The fourth-order valence-electron chi connectivity index (χ4n) is 2.45. The van der Waals surface area contributed by atoms with Crippen LogP contribution in [0.4, 0.5) is 11.4 Å².